The fourth-order valence-electron chi connectivity index (χ4n) is 2.68. The smallest absolute Gasteiger partial charge is 0.223 e. The molecule has 108 valence electrons. The van der Waals surface area contributed by atoms with Crippen LogP contribution in [0, 0.1) is 11.7 Å². The lowest BCUT2D eigenvalue weighted by atomic mass is 10.0. The van der Waals surface area contributed by atoms with Crippen molar-refractivity contribution in [1.29, 1.82) is 0 Å². The maximum absolute atomic E-state index is 13.7. The lowest BCUT2D eigenvalue weighted by Gasteiger charge is -2.37. The molecule has 1 aromatic carbocycles. The van der Waals surface area contributed by atoms with Gasteiger partial charge in [-0.3, -0.25) is 4.79 Å². The number of ether oxygens (including phenoxy) is 1. The number of amides is 1. The Morgan fingerprint density at radius 3 is 2.50 bits per heavy atom. The van der Waals surface area contributed by atoms with Crippen LogP contribution in [0.5, 0.6) is 0 Å². The number of anilines is 1. The number of piperazine rings is 1. The molecule has 2 saturated heterocycles. The van der Waals surface area contributed by atoms with Crippen LogP contribution in [0.1, 0.15) is 6.42 Å². The Morgan fingerprint density at radius 1 is 1.20 bits per heavy atom. The quantitative estimate of drug-likeness (QED) is 0.840. The van der Waals surface area contributed by atoms with E-state index < -0.39 is 0 Å². The van der Waals surface area contributed by atoms with E-state index in [1.54, 1.807) is 12.1 Å². The van der Waals surface area contributed by atoms with Gasteiger partial charge in [0.2, 0.25) is 5.91 Å². The second-order valence-electron chi connectivity index (χ2n) is 5.43. The summed E-state index contributed by atoms with van der Waals surface area (Å²) in [5.74, 6) is 0.400. The first-order valence-electron chi connectivity index (χ1n) is 7.09. The molecule has 0 aliphatic carbocycles. The molecule has 2 aliphatic heterocycles. The number of para-hydroxylation sites is 1. The third-order valence-electron chi connectivity index (χ3n) is 4.00. The average molecular weight is 278 g/mol. The van der Waals surface area contributed by atoms with Crippen LogP contribution < -0.4 is 4.90 Å². The Balaban J connectivity index is 1.54. The molecule has 2 fully saturated rings. The molecule has 0 bridgehead atoms. The van der Waals surface area contributed by atoms with Crippen LogP contribution in [-0.4, -0.2) is 50.2 Å². The zero-order valence-electron chi connectivity index (χ0n) is 11.4. The molecule has 1 amide bonds. The predicted octanol–water partition coefficient (Wildman–Crippen LogP) is 1.51. The van der Waals surface area contributed by atoms with Gasteiger partial charge >= 0.3 is 0 Å². The average Bonchev–Trinajstić information content (AvgIpc) is 2.43. The summed E-state index contributed by atoms with van der Waals surface area (Å²) in [7, 11) is 0. The van der Waals surface area contributed by atoms with Crippen LogP contribution in [0.15, 0.2) is 24.3 Å². The van der Waals surface area contributed by atoms with Crippen molar-refractivity contribution < 1.29 is 13.9 Å². The van der Waals surface area contributed by atoms with Crippen molar-refractivity contribution >= 4 is 11.6 Å². The highest BCUT2D eigenvalue weighted by Crippen LogP contribution is 2.21. The van der Waals surface area contributed by atoms with Crippen molar-refractivity contribution in [2.75, 3.05) is 44.3 Å². The van der Waals surface area contributed by atoms with Crippen molar-refractivity contribution in [3.63, 3.8) is 0 Å². The number of nitrogens with zero attached hydrogens (tertiary/aromatic N) is 2. The van der Waals surface area contributed by atoms with Gasteiger partial charge in [0.05, 0.1) is 18.9 Å². The molecule has 4 nitrogen and oxygen atoms in total. The highest BCUT2D eigenvalue weighted by atomic mass is 19.1. The number of hydrogen-bond acceptors (Lipinski definition) is 3. The van der Waals surface area contributed by atoms with Gasteiger partial charge in [0.25, 0.3) is 0 Å². The molecule has 20 heavy (non-hydrogen) atoms. The summed E-state index contributed by atoms with van der Waals surface area (Å²) < 4.78 is 18.8. The van der Waals surface area contributed by atoms with E-state index >= 15 is 0 Å². The van der Waals surface area contributed by atoms with E-state index in [1.807, 2.05) is 15.9 Å². The van der Waals surface area contributed by atoms with Gasteiger partial charge < -0.3 is 14.5 Å². The maximum Gasteiger partial charge on any atom is 0.223 e. The summed E-state index contributed by atoms with van der Waals surface area (Å²) in [6.45, 7) is 4.13. The van der Waals surface area contributed by atoms with Crippen LogP contribution >= 0.6 is 0 Å². The fourth-order valence-corrected chi connectivity index (χ4v) is 2.68. The minimum atomic E-state index is -0.195. The number of rotatable bonds is 3. The molecule has 0 aromatic heterocycles. The van der Waals surface area contributed by atoms with Gasteiger partial charge in [-0.1, -0.05) is 12.1 Å². The summed E-state index contributed by atoms with van der Waals surface area (Å²) in [6, 6.07) is 6.80. The van der Waals surface area contributed by atoms with E-state index in [4.69, 9.17) is 4.74 Å². The second kappa shape index (κ2) is 5.79. The minimum absolute atomic E-state index is 0.195. The Labute approximate surface area is 118 Å². The number of benzene rings is 1. The van der Waals surface area contributed by atoms with Crippen molar-refractivity contribution in [1.82, 2.24) is 4.90 Å². The summed E-state index contributed by atoms with van der Waals surface area (Å²) >= 11 is 0. The summed E-state index contributed by atoms with van der Waals surface area (Å²) in [4.78, 5) is 16.0. The van der Waals surface area contributed by atoms with Crippen molar-refractivity contribution in [2.45, 2.75) is 6.42 Å². The van der Waals surface area contributed by atoms with Gasteiger partial charge in [-0.05, 0) is 12.1 Å². The normalized spacial score (nSPS) is 19.9. The molecule has 3 rings (SSSR count). The SMILES string of the molecule is O=C(CC1COC1)N1CCN(c2ccccc2F)CC1. The van der Waals surface area contributed by atoms with Gasteiger partial charge in [-0.25, -0.2) is 4.39 Å². The minimum Gasteiger partial charge on any atom is -0.381 e. The van der Waals surface area contributed by atoms with Crippen molar-refractivity contribution in [3.8, 4) is 0 Å². The van der Waals surface area contributed by atoms with Crippen LogP contribution in [0.2, 0.25) is 0 Å². The van der Waals surface area contributed by atoms with E-state index in [1.165, 1.54) is 6.07 Å². The fraction of sp³-hybridized carbons (Fsp3) is 0.533. The van der Waals surface area contributed by atoms with E-state index in [9.17, 15) is 9.18 Å². The van der Waals surface area contributed by atoms with E-state index in [-0.39, 0.29) is 11.7 Å². The standard InChI is InChI=1S/C15H19FN2O2/c16-13-3-1-2-4-14(13)17-5-7-18(8-6-17)15(19)9-12-10-20-11-12/h1-4,12H,5-11H2. The van der Waals surface area contributed by atoms with E-state index in [0.29, 0.717) is 57.4 Å². The van der Waals surface area contributed by atoms with Crippen LogP contribution in [0.25, 0.3) is 0 Å². The highest BCUT2D eigenvalue weighted by molar-refractivity contribution is 5.77. The third-order valence-corrected chi connectivity index (χ3v) is 4.00. The number of carbonyl (C=O) groups is 1. The topological polar surface area (TPSA) is 32.8 Å². The Bertz CT molecular complexity index is 483. The highest BCUT2D eigenvalue weighted by Gasteiger charge is 2.27. The van der Waals surface area contributed by atoms with Crippen LogP contribution in [0.3, 0.4) is 0 Å². The zero-order valence-corrected chi connectivity index (χ0v) is 11.4. The number of carbonyl (C=O) groups excluding carboxylic acids is 1. The molecule has 0 spiro atoms. The van der Waals surface area contributed by atoms with Crippen molar-refractivity contribution in [2.24, 2.45) is 5.92 Å². The van der Waals surface area contributed by atoms with Gasteiger partial charge in [0, 0.05) is 38.5 Å². The van der Waals surface area contributed by atoms with Crippen LogP contribution in [0.4, 0.5) is 10.1 Å². The Kier molecular flexibility index (Phi) is 3.87. The second-order valence-corrected chi connectivity index (χ2v) is 5.43. The first-order valence-corrected chi connectivity index (χ1v) is 7.09. The van der Waals surface area contributed by atoms with Crippen LogP contribution in [-0.2, 0) is 9.53 Å². The monoisotopic (exact) mass is 278 g/mol. The molecule has 2 aliphatic rings. The molecule has 0 atom stereocenters. The lowest BCUT2D eigenvalue weighted by Crippen LogP contribution is -2.50. The predicted molar refractivity (Wildman–Crippen MR) is 74.1 cm³/mol. The van der Waals surface area contributed by atoms with E-state index in [0.717, 1.165) is 0 Å². The third kappa shape index (κ3) is 2.77. The largest absolute Gasteiger partial charge is 0.381 e. The molecular weight excluding hydrogens is 259 g/mol. The summed E-state index contributed by atoms with van der Waals surface area (Å²) in [5.41, 5.74) is 0.631. The van der Waals surface area contributed by atoms with E-state index in [2.05, 4.69) is 0 Å². The summed E-state index contributed by atoms with van der Waals surface area (Å²) in [5, 5.41) is 0. The molecule has 5 heteroatoms. The molecule has 0 N–H and O–H groups in total. The lowest BCUT2D eigenvalue weighted by molar-refractivity contribution is -0.136. The number of hydrogen-bond donors (Lipinski definition) is 0. The van der Waals surface area contributed by atoms with Gasteiger partial charge in [-0.2, -0.15) is 0 Å². The van der Waals surface area contributed by atoms with Gasteiger partial charge in [0.15, 0.2) is 0 Å². The first-order chi connectivity index (χ1) is 9.74. The molecule has 2 heterocycles. The maximum atomic E-state index is 13.7. The Morgan fingerprint density at radius 2 is 1.90 bits per heavy atom. The molecular formula is C15H19FN2O2. The molecule has 0 radical (unpaired) electrons. The number of halogens is 1. The Hall–Kier alpha value is -1.62. The van der Waals surface area contributed by atoms with Gasteiger partial charge in [-0.15, -0.1) is 0 Å². The van der Waals surface area contributed by atoms with Gasteiger partial charge in [0.1, 0.15) is 5.82 Å². The molecule has 0 saturated carbocycles. The zero-order chi connectivity index (χ0) is 13.9. The first kappa shape index (κ1) is 13.4. The molecule has 0 unspecified atom stereocenters. The summed E-state index contributed by atoms with van der Waals surface area (Å²) in [6.07, 6.45) is 0.583. The molecule has 1 aromatic rings. The van der Waals surface area contributed by atoms with Crippen molar-refractivity contribution in [3.05, 3.63) is 30.1 Å².